The molecule has 0 aromatic rings. The van der Waals surface area contributed by atoms with Gasteiger partial charge in [-0.15, -0.1) is 0 Å². The minimum absolute atomic E-state index is 0.0363. The van der Waals surface area contributed by atoms with Crippen molar-refractivity contribution in [3.05, 3.63) is 0 Å². The summed E-state index contributed by atoms with van der Waals surface area (Å²) in [6.45, 7) is 3.46. The fourth-order valence-electron chi connectivity index (χ4n) is 2.55. The van der Waals surface area contributed by atoms with E-state index in [1.165, 1.54) is 0 Å². The van der Waals surface area contributed by atoms with Crippen molar-refractivity contribution in [1.29, 1.82) is 0 Å². The number of rotatable bonds is 7. The number of hydrogen-bond donors (Lipinski definition) is 2. The maximum atomic E-state index is 12.2. The number of carbonyl (C=O) groups excluding carboxylic acids is 1. The molecule has 1 saturated carbocycles. The van der Waals surface area contributed by atoms with Gasteiger partial charge in [-0.25, -0.2) is 8.42 Å². The molecule has 6 nitrogen and oxygen atoms in total. The fraction of sp³-hybridized carbons (Fsp3) is 0.846. The third kappa shape index (κ3) is 2.68. The molecule has 7 heteroatoms. The number of carbonyl (C=O) groups is 2. The Kier molecular flexibility index (Phi) is 4.84. The van der Waals surface area contributed by atoms with E-state index in [1.54, 1.807) is 13.8 Å². The Bertz CT molecular complexity index is 489. The van der Waals surface area contributed by atoms with Crippen LogP contribution in [0.4, 0.5) is 0 Å². The molecule has 0 aliphatic heterocycles. The van der Waals surface area contributed by atoms with Crippen molar-refractivity contribution in [2.75, 3.05) is 12.8 Å². The fourth-order valence-corrected chi connectivity index (χ4v) is 3.99. The predicted octanol–water partition coefficient (Wildman–Crippen LogP) is 0.961. The van der Waals surface area contributed by atoms with Gasteiger partial charge in [-0.1, -0.05) is 13.8 Å². The lowest BCUT2D eigenvalue weighted by atomic mass is 9.80. The molecule has 0 saturated heterocycles. The highest BCUT2D eigenvalue weighted by Gasteiger charge is 2.53. The zero-order chi connectivity index (χ0) is 15.6. The van der Waals surface area contributed by atoms with E-state index in [0.29, 0.717) is 32.1 Å². The quantitative estimate of drug-likeness (QED) is 0.729. The molecule has 0 aromatic heterocycles. The second-order valence-electron chi connectivity index (χ2n) is 5.60. The SMILES string of the molecule is CCC(CC)(CNC(=O)C1(S(C)(=O)=O)CCC1)C(=O)O. The molecule has 2 N–H and O–H groups in total. The summed E-state index contributed by atoms with van der Waals surface area (Å²) in [6, 6.07) is 0. The van der Waals surface area contributed by atoms with Crippen molar-refractivity contribution in [2.45, 2.75) is 50.7 Å². The van der Waals surface area contributed by atoms with E-state index in [4.69, 9.17) is 0 Å². The zero-order valence-electron chi connectivity index (χ0n) is 12.2. The number of hydrogen-bond acceptors (Lipinski definition) is 4. The summed E-state index contributed by atoms with van der Waals surface area (Å²) in [5.41, 5.74) is -1.03. The van der Waals surface area contributed by atoms with E-state index >= 15 is 0 Å². The first-order valence-corrected chi connectivity index (χ1v) is 8.75. The lowest BCUT2D eigenvalue weighted by Gasteiger charge is -2.39. The van der Waals surface area contributed by atoms with Gasteiger partial charge in [0.15, 0.2) is 9.84 Å². The van der Waals surface area contributed by atoms with E-state index in [0.717, 1.165) is 6.26 Å². The Morgan fingerprint density at radius 1 is 1.25 bits per heavy atom. The van der Waals surface area contributed by atoms with Crippen LogP contribution in [0, 0.1) is 5.41 Å². The van der Waals surface area contributed by atoms with E-state index < -0.39 is 31.9 Å². The van der Waals surface area contributed by atoms with Gasteiger partial charge >= 0.3 is 5.97 Å². The Balaban J connectivity index is 2.84. The van der Waals surface area contributed by atoms with Crippen molar-refractivity contribution < 1.29 is 23.1 Å². The lowest BCUT2D eigenvalue weighted by molar-refractivity contribution is -0.149. The first-order valence-electron chi connectivity index (χ1n) is 6.86. The van der Waals surface area contributed by atoms with Crippen LogP contribution in [0.25, 0.3) is 0 Å². The number of nitrogens with one attached hydrogen (secondary N) is 1. The third-order valence-corrected chi connectivity index (χ3v) is 6.69. The summed E-state index contributed by atoms with van der Waals surface area (Å²) in [6.07, 6.45) is 3.16. The molecule has 0 aromatic carbocycles. The standard InChI is InChI=1S/C13H23NO5S/c1-4-12(5-2,11(16)17)9-14-10(15)13(7-6-8-13)20(3,18)19/h4-9H2,1-3H3,(H,14,15)(H,16,17). The van der Waals surface area contributed by atoms with Crippen molar-refractivity contribution in [2.24, 2.45) is 5.41 Å². The number of carboxylic acid groups (broad SMARTS) is 1. The van der Waals surface area contributed by atoms with Gasteiger partial charge in [0.1, 0.15) is 4.75 Å². The predicted molar refractivity (Wildman–Crippen MR) is 75.1 cm³/mol. The van der Waals surface area contributed by atoms with Crippen LogP contribution in [-0.2, 0) is 19.4 Å². The Morgan fingerprint density at radius 3 is 2.00 bits per heavy atom. The lowest BCUT2D eigenvalue weighted by Crippen LogP contribution is -2.58. The van der Waals surface area contributed by atoms with Crippen molar-refractivity contribution >= 4 is 21.7 Å². The van der Waals surface area contributed by atoms with Crippen LogP contribution in [0.3, 0.4) is 0 Å². The van der Waals surface area contributed by atoms with Crippen molar-refractivity contribution in [1.82, 2.24) is 5.32 Å². The van der Waals surface area contributed by atoms with Gasteiger partial charge in [0.25, 0.3) is 0 Å². The molecule has 0 radical (unpaired) electrons. The van der Waals surface area contributed by atoms with E-state index in [1.807, 2.05) is 0 Å². The molecule has 0 bridgehead atoms. The summed E-state index contributed by atoms with van der Waals surface area (Å²) in [5.74, 6) is -1.52. The Morgan fingerprint density at radius 2 is 1.75 bits per heavy atom. The number of carboxylic acids is 1. The summed E-state index contributed by atoms with van der Waals surface area (Å²) in [7, 11) is -3.49. The highest BCUT2D eigenvalue weighted by molar-refractivity contribution is 7.93. The minimum atomic E-state index is -3.49. The van der Waals surface area contributed by atoms with Gasteiger partial charge < -0.3 is 10.4 Å². The first-order chi connectivity index (χ1) is 9.15. The highest BCUT2D eigenvalue weighted by Crippen LogP contribution is 2.39. The highest BCUT2D eigenvalue weighted by atomic mass is 32.2. The normalized spacial score (nSPS) is 18.1. The smallest absolute Gasteiger partial charge is 0.311 e. The number of sulfone groups is 1. The summed E-state index contributed by atoms with van der Waals surface area (Å²) < 4.78 is 22.2. The summed E-state index contributed by atoms with van der Waals surface area (Å²) >= 11 is 0. The minimum Gasteiger partial charge on any atom is -0.481 e. The monoisotopic (exact) mass is 305 g/mol. The molecule has 0 spiro atoms. The van der Waals surface area contributed by atoms with E-state index in [2.05, 4.69) is 5.32 Å². The maximum Gasteiger partial charge on any atom is 0.311 e. The van der Waals surface area contributed by atoms with Crippen LogP contribution in [0.1, 0.15) is 46.0 Å². The van der Waals surface area contributed by atoms with Gasteiger partial charge in [0.2, 0.25) is 5.91 Å². The Hall–Kier alpha value is -1.11. The molecule has 0 atom stereocenters. The maximum absolute atomic E-state index is 12.2. The third-order valence-electron chi connectivity index (χ3n) is 4.68. The van der Waals surface area contributed by atoms with Crippen LogP contribution in [-0.4, -0.2) is 42.9 Å². The average Bonchev–Trinajstić information content (AvgIpc) is 2.26. The van der Waals surface area contributed by atoms with Gasteiger partial charge in [0.05, 0.1) is 5.41 Å². The molecule has 20 heavy (non-hydrogen) atoms. The van der Waals surface area contributed by atoms with Gasteiger partial charge in [-0.05, 0) is 32.1 Å². The topological polar surface area (TPSA) is 101 Å². The number of aliphatic carboxylic acids is 1. The summed E-state index contributed by atoms with van der Waals surface area (Å²) in [4.78, 5) is 23.6. The second kappa shape index (κ2) is 5.71. The van der Waals surface area contributed by atoms with E-state index in [9.17, 15) is 23.1 Å². The zero-order valence-corrected chi connectivity index (χ0v) is 13.0. The molecule has 1 aliphatic carbocycles. The van der Waals surface area contributed by atoms with Crippen molar-refractivity contribution in [3.63, 3.8) is 0 Å². The van der Waals surface area contributed by atoms with Crippen LogP contribution in [0.5, 0.6) is 0 Å². The second-order valence-corrected chi connectivity index (χ2v) is 7.92. The molecule has 1 fully saturated rings. The molecule has 1 rings (SSSR count). The molecule has 0 heterocycles. The molecule has 0 unspecified atom stereocenters. The largest absolute Gasteiger partial charge is 0.481 e. The van der Waals surface area contributed by atoms with Crippen LogP contribution < -0.4 is 5.32 Å². The van der Waals surface area contributed by atoms with Crippen LogP contribution >= 0.6 is 0 Å². The molecular weight excluding hydrogens is 282 g/mol. The number of amides is 1. The van der Waals surface area contributed by atoms with E-state index in [-0.39, 0.29) is 6.54 Å². The van der Waals surface area contributed by atoms with Crippen LogP contribution in [0.15, 0.2) is 0 Å². The average molecular weight is 305 g/mol. The molecule has 116 valence electrons. The van der Waals surface area contributed by atoms with Gasteiger partial charge in [-0.3, -0.25) is 9.59 Å². The molecular formula is C13H23NO5S. The van der Waals surface area contributed by atoms with Crippen molar-refractivity contribution in [3.8, 4) is 0 Å². The van der Waals surface area contributed by atoms with Gasteiger partial charge in [0, 0.05) is 12.8 Å². The summed E-state index contributed by atoms with van der Waals surface area (Å²) in [5, 5.41) is 11.9. The first kappa shape index (κ1) is 16.9. The Labute approximate surface area is 119 Å². The van der Waals surface area contributed by atoms with Crippen LogP contribution in [0.2, 0.25) is 0 Å². The van der Waals surface area contributed by atoms with Gasteiger partial charge in [-0.2, -0.15) is 0 Å². The molecule has 1 aliphatic rings. The molecule has 1 amide bonds.